The van der Waals surface area contributed by atoms with Crippen LogP contribution in [0.2, 0.25) is 5.02 Å². The van der Waals surface area contributed by atoms with Crippen molar-refractivity contribution in [2.75, 3.05) is 6.54 Å². The Morgan fingerprint density at radius 2 is 2.25 bits per heavy atom. The van der Waals surface area contributed by atoms with Crippen molar-refractivity contribution in [3.05, 3.63) is 62.7 Å². The minimum atomic E-state index is -0.347. The van der Waals surface area contributed by atoms with Crippen molar-refractivity contribution in [3.63, 3.8) is 0 Å². The Hall–Kier alpha value is -2.22. The molecule has 8 heteroatoms. The van der Waals surface area contributed by atoms with E-state index in [4.69, 9.17) is 17.3 Å². The summed E-state index contributed by atoms with van der Waals surface area (Å²) in [6, 6.07) is 8.06. The van der Waals surface area contributed by atoms with Crippen molar-refractivity contribution < 1.29 is 9.18 Å². The summed E-state index contributed by atoms with van der Waals surface area (Å²) in [5.74, 6) is -0.493. The first-order valence-electron chi connectivity index (χ1n) is 9.15. The number of hydrogen-bond donors (Lipinski definition) is 2. The predicted octanol–water partition coefficient (Wildman–Crippen LogP) is 3.65. The number of aromatic nitrogens is 2. The van der Waals surface area contributed by atoms with Crippen LogP contribution < -0.4 is 11.1 Å². The molecule has 3 N–H and O–H groups in total. The SMILES string of the molecule is NC[C@H](Cc1ccccc1F)NC(=O)c1cc2c(s1)CCCn1ncc(Cl)c1-2. The number of aryl methyl sites for hydroxylation is 2. The van der Waals surface area contributed by atoms with Crippen LogP contribution in [0.5, 0.6) is 0 Å². The highest BCUT2D eigenvalue weighted by molar-refractivity contribution is 7.14. The Morgan fingerprint density at radius 1 is 1.43 bits per heavy atom. The van der Waals surface area contributed by atoms with Gasteiger partial charge in [-0.1, -0.05) is 29.8 Å². The lowest BCUT2D eigenvalue weighted by Crippen LogP contribution is -2.41. The molecular formula is C20H20ClFN4OS. The zero-order chi connectivity index (χ0) is 19.7. The number of nitrogens with one attached hydrogen (secondary N) is 1. The minimum Gasteiger partial charge on any atom is -0.347 e. The Balaban J connectivity index is 1.55. The first-order chi connectivity index (χ1) is 13.6. The molecule has 0 fully saturated rings. The van der Waals surface area contributed by atoms with E-state index in [1.54, 1.807) is 24.4 Å². The van der Waals surface area contributed by atoms with Gasteiger partial charge in [0, 0.05) is 29.6 Å². The predicted molar refractivity (Wildman–Crippen MR) is 109 cm³/mol. The average Bonchev–Trinajstić information content (AvgIpc) is 3.22. The number of nitrogens with two attached hydrogens (primary N) is 1. The van der Waals surface area contributed by atoms with Crippen LogP contribution in [0, 0.1) is 5.82 Å². The van der Waals surface area contributed by atoms with Gasteiger partial charge in [-0.15, -0.1) is 11.3 Å². The zero-order valence-electron chi connectivity index (χ0n) is 15.1. The largest absolute Gasteiger partial charge is 0.347 e. The fourth-order valence-corrected chi connectivity index (χ4v) is 4.84. The number of carbonyl (C=O) groups is 1. The molecule has 1 aliphatic rings. The summed E-state index contributed by atoms with van der Waals surface area (Å²) in [7, 11) is 0. The molecule has 1 atom stereocenters. The molecule has 0 radical (unpaired) electrons. The number of fused-ring (bicyclic) bond motifs is 3. The van der Waals surface area contributed by atoms with E-state index in [1.807, 2.05) is 10.7 Å². The third kappa shape index (κ3) is 3.70. The second-order valence-corrected chi connectivity index (χ2v) is 8.36. The van der Waals surface area contributed by atoms with Crippen molar-refractivity contribution in [3.8, 4) is 11.3 Å². The number of hydrogen-bond acceptors (Lipinski definition) is 4. The topological polar surface area (TPSA) is 72.9 Å². The molecule has 4 rings (SSSR count). The van der Waals surface area contributed by atoms with Gasteiger partial charge >= 0.3 is 0 Å². The first kappa shape index (κ1) is 19.1. The second kappa shape index (κ2) is 8.03. The molecule has 3 aromatic rings. The quantitative estimate of drug-likeness (QED) is 0.664. The molecule has 1 amide bonds. The van der Waals surface area contributed by atoms with Crippen LogP contribution in [-0.4, -0.2) is 28.3 Å². The third-order valence-corrected chi connectivity index (χ3v) is 6.37. The van der Waals surface area contributed by atoms with Crippen LogP contribution >= 0.6 is 22.9 Å². The smallest absolute Gasteiger partial charge is 0.261 e. The van der Waals surface area contributed by atoms with Crippen LogP contribution in [0.15, 0.2) is 36.5 Å². The highest BCUT2D eigenvalue weighted by atomic mass is 35.5. The molecule has 0 unspecified atom stereocenters. The van der Waals surface area contributed by atoms with Gasteiger partial charge in [0.05, 0.1) is 21.8 Å². The highest BCUT2D eigenvalue weighted by Crippen LogP contribution is 2.38. The highest BCUT2D eigenvalue weighted by Gasteiger charge is 2.24. The van der Waals surface area contributed by atoms with Crippen molar-refractivity contribution in [1.82, 2.24) is 15.1 Å². The van der Waals surface area contributed by atoms with Crippen molar-refractivity contribution in [2.45, 2.75) is 31.8 Å². The van der Waals surface area contributed by atoms with E-state index in [9.17, 15) is 9.18 Å². The first-order valence-corrected chi connectivity index (χ1v) is 10.3. The Labute approximate surface area is 171 Å². The molecule has 5 nitrogen and oxygen atoms in total. The van der Waals surface area contributed by atoms with Gasteiger partial charge in [-0.3, -0.25) is 9.48 Å². The standard InChI is InChI=1S/C20H20ClFN4OS/c21-15-11-24-26-7-3-6-17-14(19(15)26)9-18(28-17)20(27)25-13(10-23)8-12-4-1-2-5-16(12)22/h1-2,4-5,9,11,13H,3,6-8,10,23H2,(H,25,27)/t13-/m0/s1. The maximum atomic E-state index is 13.9. The zero-order valence-corrected chi connectivity index (χ0v) is 16.7. The third-order valence-electron chi connectivity index (χ3n) is 4.90. The van der Waals surface area contributed by atoms with Crippen LogP contribution in [0.4, 0.5) is 4.39 Å². The molecule has 0 saturated carbocycles. The molecule has 28 heavy (non-hydrogen) atoms. The summed E-state index contributed by atoms with van der Waals surface area (Å²) in [4.78, 5) is 14.6. The molecule has 0 saturated heterocycles. The molecule has 0 aliphatic carbocycles. The number of carbonyl (C=O) groups excluding carboxylic acids is 1. The van der Waals surface area contributed by atoms with Gasteiger partial charge in [0.25, 0.3) is 5.91 Å². The summed E-state index contributed by atoms with van der Waals surface area (Å²) in [6.07, 6.45) is 3.81. The Kier molecular flexibility index (Phi) is 5.48. The number of benzene rings is 1. The molecule has 0 spiro atoms. The number of amides is 1. The van der Waals surface area contributed by atoms with Crippen LogP contribution in [-0.2, 0) is 19.4 Å². The molecule has 3 heterocycles. The van der Waals surface area contributed by atoms with Crippen molar-refractivity contribution in [1.29, 1.82) is 0 Å². The molecule has 146 valence electrons. The normalized spacial score (nSPS) is 14.1. The van der Waals surface area contributed by atoms with E-state index in [0.717, 1.165) is 35.5 Å². The van der Waals surface area contributed by atoms with E-state index < -0.39 is 0 Å². The van der Waals surface area contributed by atoms with E-state index in [2.05, 4.69) is 10.4 Å². The maximum absolute atomic E-state index is 13.9. The van der Waals surface area contributed by atoms with Gasteiger partial charge in [-0.05, 0) is 37.0 Å². The minimum absolute atomic E-state index is 0.202. The van der Waals surface area contributed by atoms with Crippen molar-refractivity contribution in [2.24, 2.45) is 5.73 Å². The van der Waals surface area contributed by atoms with Gasteiger partial charge in [0.2, 0.25) is 0 Å². The van der Waals surface area contributed by atoms with E-state index in [0.29, 0.717) is 21.9 Å². The summed E-state index contributed by atoms with van der Waals surface area (Å²) < 4.78 is 15.8. The van der Waals surface area contributed by atoms with Crippen LogP contribution in [0.25, 0.3) is 11.3 Å². The number of thiophene rings is 1. The van der Waals surface area contributed by atoms with E-state index in [-0.39, 0.29) is 24.3 Å². The Bertz CT molecular complexity index is 1020. The van der Waals surface area contributed by atoms with Crippen LogP contribution in [0.1, 0.15) is 26.5 Å². The molecule has 0 bridgehead atoms. The van der Waals surface area contributed by atoms with E-state index >= 15 is 0 Å². The van der Waals surface area contributed by atoms with Crippen LogP contribution in [0.3, 0.4) is 0 Å². The average molecular weight is 419 g/mol. The summed E-state index contributed by atoms with van der Waals surface area (Å²) in [5, 5.41) is 7.85. The fourth-order valence-electron chi connectivity index (χ4n) is 3.50. The molecule has 2 aromatic heterocycles. The lowest BCUT2D eigenvalue weighted by atomic mass is 10.1. The summed E-state index contributed by atoms with van der Waals surface area (Å²) >= 11 is 7.80. The van der Waals surface area contributed by atoms with Gasteiger partial charge < -0.3 is 11.1 Å². The van der Waals surface area contributed by atoms with Crippen molar-refractivity contribution >= 4 is 28.8 Å². The Morgan fingerprint density at radius 3 is 3.04 bits per heavy atom. The summed E-state index contributed by atoms with van der Waals surface area (Å²) in [6.45, 7) is 1.03. The lowest BCUT2D eigenvalue weighted by molar-refractivity contribution is 0.0942. The fraction of sp³-hybridized carbons (Fsp3) is 0.300. The number of halogens is 2. The van der Waals surface area contributed by atoms with Gasteiger partial charge in [-0.25, -0.2) is 4.39 Å². The maximum Gasteiger partial charge on any atom is 0.261 e. The van der Waals surface area contributed by atoms with Gasteiger partial charge in [0.1, 0.15) is 5.82 Å². The van der Waals surface area contributed by atoms with Gasteiger partial charge in [0.15, 0.2) is 0 Å². The monoisotopic (exact) mass is 418 g/mol. The summed E-state index contributed by atoms with van der Waals surface area (Å²) in [5.41, 5.74) is 8.19. The van der Waals surface area contributed by atoms with E-state index in [1.165, 1.54) is 17.4 Å². The molecule has 1 aromatic carbocycles. The second-order valence-electron chi connectivity index (χ2n) is 6.82. The number of rotatable bonds is 5. The lowest BCUT2D eigenvalue weighted by Gasteiger charge is -2.16. The molecular weight excluding hydrogens is 399 g/mol. The number of nitrogens with zero attached hydrogens (tertiary/aromatic N) is 2. The van der Waals surface area contributed by atoms with Gasteiger partial charge in [-0.2, -0.15) is 5.10 Å². The molecule has 1 aliphatic heterocycles.